The summed E-state index contributed by atoms with van der Waals surface area (Å²) < 4.78 is 29.4. The predicted octanol–water partition coefficient (Wildman–Crippen LogP) is 2.00. The van der Waals surface area contributed by atoms with Crippen LogP contribution in [-0.4, -0.2) is 51.5 Å². The van der Waals surface area contributed by atoms with Crippen LogP contribution in [0.4, 0.5) is 0 Å². The van der Waals surface area contributed by atoms with E-state index in [4.69, 9.17) is 5.11 Å². The maximum atomic E-state index is 13.0. The van der Waals surface area contributed by atoms with Gasteiger partial charge in [-0.3, -0.25) is 4.40 Å². The molecular weight excluding hydrogens is 368 g/mol. The standard InChI is InChI=1S/C18H18N4O4S/c23-18(24)13-5-3-7-15(11-13)27(25,26)21-9-4-6-14(12-21)17-20-19-16-8-1-2-10-22(16)17/h1-3,5,7-8,10-11,14H,4,6,9,12H2,(H,23,24)/t14-/m0/s1. The van der Waals surface area contributed by atoms with E-state index in [1.54, 1.807) is 0 Å². The molecule has 1 aliphatic heterocycles. The van der Waals surface area contributed by atoms with E-state index in [0.29, 0.717) is 13.0 Å². The summed E-state index contributed by atoms with van der Waals surface area (Å²) in [5.41, 5.74) is 0.676. The summed E-state index contributed by atoms with van der Waals surface area (Å²) >= 11 is 0. The maximum absolute atomic E-state index is 13.0. The van der Waals surface area contributed by atoms with Crippen LogP contribution in [0.15, 0.2) is 53.6 Å². The van der Waals surface area contributed by atoms with Gasteiger partial charge < -0.3 is 5.11 Å². The molecule has 0 aliphatic carbocycles. The lowest BCUT2D eigenvalue weighted by Crippen LogP contribution is -2.39. The minimum atomic E-state index is -3.78. The van der Waals surface area contributed by atoms with E-state index in [1.807, 2.05) is 28.8 Å². The SMILES string of the molecule is O=C(O)c1cccc(S(=O)(=O)N2CCC[C@H](c3nnc4ccccn34)C2)c1. The number of carbonyl (C=O) groups is 1. The smallest absolute Gasteiger partial charge is 0.335 e. The van der Waals surface area contributed by atoms with Crippen molar-refractivity contribution in [2.24, 2.45) is 0 Å². The molecule has 2 aromatic heterocycles. The number of hydrogen-bond acceptors (Lipinski definition) is 5. The van der Waals surface area contributed by atoms with Gasteiger partial charge in [-0.2, -0.15) is 4.31 Å². The van der Waals surface area contributed by atoms with Crippen LogP contribution < -0.4 is 0 Å². The molecule has 1 aliphatic rings. The molecule has 0 radical (unpaired) electrons. The van der Waals surface area contributed by atoms with Crippen LogP contribution in [0.2, 0.25) is 0 Å². The first kappa shape index (κ1) is 17.6. The zero-order valence-corrected chi connectivity index (χ0v) is 15.2. The van der Waals surface area contributed by atoms with Crippen molar-refractivity contribution in [3.63, 3.8) is 0 Å². The molecular formula is C18H18N4O4S. The normalized spacial score (nSPS) is 18.6. The highest BCUT2D eigenvalue weighted by Crippen LogP contribution is 2.30. The minimum absolute atomic E-state index is 0.00542. The van der Waals surface area contributed by atoms with Crippen LogP contribution in [0, 0.1) is 0 Å². The number of aromatic nitrogens is 3. The number of pyridine rings is 1. The monoisotopic (exact) mass is 386 g/mol. The van der Waals surface area contributed by atoms with Crippen LogP contribution in [0.1, 0.15) is 34.9 Å². The zero-order valence-electron chi connectivity index (χ0n) is 14.4. The van der Waals surface area contributed by atoms with Crippen molar-refractivity contribution < 1.29 is 18.3 Å². The molecule has 0 saturated carbocycles. The summed E-state index contributed by atoms with van der Waals surface area (Å²) in [5.74, 6) is -0.489. The van der Waals surface area contributed by atoms with Gasteiger partial charge in [-0.05, 0) is 43.2 Å². The third kappa shape index (κ3) is 3.19. The Kier molecular flexibility index (Phi) is 4.40. The molecule has 3 heterocycles. The number of nitrogens with zero attached hydrogens (tertiary/aromatic N) is 4. The van der Waals surface area contributed by atoms with Gasteiger partial charge in [-0.15, -0.1) is 10.2 Å². The number of piperidine rings is 1. The van der Waals surface area contributed by atoms with Gasteiger partial charge in [0.05, 0.1) is 10.5 Å². The topological polar surface area (TPSA) is 105 Å². The number of fused-ring (bicyclic) bond motifs is 1. The number of carboxylic acid groups (broad SMARTS) is 1. The van der Waals surface area contributed by atoms with E-state index in [9.17, 15) is 13.2 Å². The summed E-state index contributed by atoms with van der Waals surface area (Å²) in [7, 11) is -3.78. The summed E-state index contributed by atoms with van der Waals surface area (Å²) in [4.78, 5) is 11.2. The number of carboxylic acids is 1. The Morgan fingerprint density at radius 3 is 2.81 bits per heavy atom. The Hall–Kier alpha value is -2.78. The highest BCUT2D eigenvalue weighted by Gasteiger charge is 2.33. The fourth-order valence-corrected chi connectivity index (χ4v) is 5.02. The first-order chi connectivity index (χ1) is 13.0. The van der Waals surface area contributed by atoms with E-state index in [1.165, 1.54) is 28.6 Å². The van der Waals surface area contributed by atoms with E-state index in [2.05, 4.69) is 10.2 Å². The second-order valence-corrected chi connectivity index (χ2v) is 8.46. The molecule has 0 amide bonds. The van der Waals surface area contributed by atoms with Crippen molar-refractivity contribution in [2.75, 3.05) is 13.1 Å². The predicted molar refractivity (Wildman–Crippen MR) is 97.1 cm³/mol. The Balaban J connectivity index is 1.64. The molecule has 0 unspecified atom stereocenters. The molecule has 1 saturated heterocycles. The number of sulfonamides is 1. The fraction of sp³-hybridized carbons (Fsp3) is 0.278. The molecule has 1 N–H and O–H groups in total. The van der Waals surface area contributed by atoms with Crippen LogP contribution >= 0.6 is 0 Å². The van der Waals surface area contributed by atoms with E-state index >= 15 is 0 Å². The van der Waals surface area contributed by atoms with Crippen molar-refractivity contribution in [3.05, 3.63) is 60.0 Å². The molecule has 1 fully saturated rings. The third-order valence-electron chi connectivity index (χ3n) is 4.81. The Bertz CT molecular complexity index is 1110. The number of hydrogen-bond donors (Lipinski definition) is 1. The zero-order chi connectivity index (χ0) is 19.0. The summed E-state index contributed by atoms with van der Waals surface area (Å²) in [6, 6.07) is 11.1. The Labute approximate surface area is 156 Å². The highest BCUT2D eigenvalue weighted by molar-refractivity contribution is 7.89. The second kappa shape index (κ2) is 6.75. The van der Waals surface area contributed by atoms with Gasteiger partial charge in [0.15, 0.2) is 5.65 Å². The summed E-state index contributed by atoms with van der Waals surface area (Å²) in [6.07, 6.45) is 3.38. The third-order valence-corrected chi connectivity index (χ3v) is 6.67. The van der Waals surface area contributed by atoms with Gasteiger partial charge in [0, 0.05) is 25.2 Å². The number of aromatic carboxylic acids is 1. The first-order valence-corrected chi connectivity index (χ1v) is 10.0. The molecule has 27 heavy (non-hydrogen) atoms. The van der Waals surface area contributed by atoms with Gasteiger partial charge in [0.1, 0.15) is 5.82 Å². The van der Waals surface area contributed by atoms with Gasteiger partial charge >= 0.3 is 5.97 Å². The van der Waals surface area contributed by atoms with Crippen LogP contribution in [0.3, 0.4) is 0 Å². The molecule has 1 atom stereocenters. The number of benzene rings is 1. The van der Waals surface area contributed by atoms with Crippen LogP contribution in [-0.2, 0) is 10.0 Å². The van der Waals surface area contributed by atoms with Crippen molar-refractivity contribution in [1.82, 2.24) is 18.9 Å². The lowest BCUT2D eigenvalue weighted by molar-refractivity contribution is 0.0696. The number of rotatable bonds is 4. The molecule has 8 nitrogen and oxygen atoms in total. The maximum Gasteiger partial charge on any atom is 0.335 e. The van der Waals surface area contributed by atoms with E-state index < -0.39 is 16.0 Å². The molecule has 9 heteroatoms. The minimum Gasteiger partial charge on any atom is -0.478 e. The first-order valence-electron chi connectivity index (χ1n) is 8.60. The summed E-state index contributed by atoms with van der Waals surface area (Å²) in [6.45, 7) is 0.683. The van der Waals surface area contributed by atoms with Gasteiger partial charge in [0.25, 0.3) is 0 Å². The van der Waals surface area contributed by atoms with Crippen LogP contribution in [0.5, 0.6) is 0 Å². The molecule has 0 bridgehead atoms. The van der Waals surface area contributed by atoms with Crippen molar-refractivity contribution in [2.45, 2.75) is 23.7 Å². The molecule has 140 valence electrons. The van der Waals surface area contributed by atoms with Crippen molar-refractivity contribution in [3.8, 4) is 0 Å². The van der Waals surface area contributed by atoms with E-state index in [-0.39, 0.29) is 22.9 Å². The largest absolute Gasteiger partial charge is 0.478 e. The Morgan fingerprint density at radius 2 is 2.00 bits per heavy atom. The highest BCUT2D eigenvalue weighted by atomic mass is 32.2. The lowest BCUT2D eigenvalue weighted by Gasteiger charge is -2.31. The molecule has 1 aromatic carbocycles. The van der Waals surface area contributed by atoms with Crippen molar-refractivity contribution in [1.29, 1.82) is 0 Å². The lowest BCUT2D eigenvalue weighted by atomic mass is 9.99. The van der Waals surface area contributed by atoms with Gasteiger partial charge in [-0.25, -0.2) is 13.2 Å². The van der Waals surface area contributed by atoms with Gasteiger partial charge in [-0.1, -0.05) is 12.1 Å². The average Bonchev–Trinajstić information content (AvgIpc) is 3.12. The molecule has 4 rings (SSSR count). The second-order valence-electron chi connectivity index (χ2n) is 6.52. The molecule has 3 aromatic rings. The summed E-state index contributed by atoms with van der Waals surface area (Å²) in [5, 5.41) is 17.5. The average molecular weight is 386 g/mol. The molecule has 0 spiro atoms. The van der Waals surface area contributed by atoms with Gasteiger partial charge in [0.2, 0.25) is 10.0 Å². The van der Waals surface area contributed by atoms with Crippen molar-refractivity contribution >= 4 is 21.6 Å². The fourth-order valence-electron chi connectivity index (χ4n) is 3.45. The Morgan fingerprint density at radius 1 is 1.15 bits per heavy atom. The van der Waals surface area contributed by atoms with E-state index in [0.717, 1.165) is 17.9 Å². The quantitative estimate of drug-likeness (QED) is 0.735. The van der Waals surface area contributed by atoms with Crippen LogP contribution in [0.25, 0.3) is 5.65 Å².